The van der Waals surface area contributed by atoms with Crippen molar-refractivity contribution in [2.75, 3.05) is 6.54 Å². The quantitative estimate of drug-likeness (QED) is 0.807. The maximum atomic E-state index is 11.8. The molecule has 0 spiro atoms. The van der Waals surface area contributed by atoms with Crippen LogP contribution in [-0.2, 0) is 17.9 Å². The van der Waals surface area contributed by atoms with Gasteiger partial charge in [-0.25, -0.2) is 4.98 Å². The van der Waals surface area contributed by atoms with Gasteiger partial charge in [-0.05, 0) is 30.9 Å². The fourth-order valence-electron chi connectivity index (χ4n) is 2.19. The zero-order valence-corrected chi connectivity index (χ0v) is 12.5. The molecule has 6 nitrogen and oxygen atoms in total. The lowest BCUT2D eigenvalue weighted by Crippen LogP contribution is -2.31. The average Bonchev–Trinajstić information content (AvgIpc) is 2.91. The fourth-order valence-corrected chi connectivity index (χ4v) is 2.19. The Morgan fingerprint density at radius 3 is 3.00 bits per heavy atom. The van der Waals surface area contributed by atoms with Crippen molar-refractivity contribution < 1.29 is 4.79 Å². The first-order valence-electron chi connectivity index (χ1n) is 7.00. The predicted octanol–water partition coefficient (Wildman–Crippen LogP) is 0.932. The first kappa shape index (κ1) is 15.6. The molecule has 0 aliphatic carbocycles. The molecule has 0 radical (unpaired) electrons. The Morgan fingerprint density at radius 1 is 1.55 bits per heavy atom. The second-order valence-corrected chi connectivity index (χ2v) is 5.04. The predicted molar refractivity (Wildman–Crippen MR) is 82.9 cm³/mol. The Hall–Kier alpha value is -2.81. The van der Waals surface area contributed by atoms with Crippen LogP contribution >= 0.6 is 0 Å². The summed E-state index contributed by atoms with van der Waals surface area (Å²) < 4.78 is 1.97. The molecule has 0 aromatic carbocycles. The van der Waals surface area contributed by atoms with Crippen molar-refractivity contribution in [1.29, 1.82) is 0 Å². The fraction of sp³-hybridized carbons (Fsp3) is 0.312. The summed E-state index contributed by atoms with van der Waals surface area (Å²) in [6.07, 6.45) is 11.2. The Labute approximate surface area is 128 Å². The minimum Gasteiger partial charge on any atom is -0.337 e. The number of imidazole rings is 1. The maximum absolute atomic E-state index is 11.8. The third-order valence-corrected chi connectivity index (χ3v) is 3.23. The highest BCUT2D eigenvalue weighted by Crippen LogP contribution is 2.04. The molecule has 2 heterocycles. The van der Waals surface area contributed by atoms with Gasteiger partial charge in [-0.1, -0.05) is 0 Å². The van der Waals surface area contributed by atoms with Crippen LogP contribution in [-0.4, -0.2) is 31.9 Å². The molecular formula is C16H18N4O2. The molecule has 0 aliphatic rings. The number of carbonyl (C=O) groups excluding carboxylic acids is 1. The number of aromatic amines is 1. The third-order valence-electron chi connectivity index (χ3n) is 3.23. The maximum Gasteiger partial charge on any atom is 0.298 e. The van der Waals surface area contributed by atoms with Crippen LogP contribution in [0, 0.1) is 19.3 Å². The molecule has 0 atom stereocenters. The van der Waals surface area contributed by atoms with Crippen molar-refractivity contribution in [2.24, 2.45) is 0 Å². The van der Waals surface area contributed by atoms with E-state index in [1.54, 1.807) is 23.5 Å². The van der Waals surface area contributed by atoms with Gasteiger partial charge in [0.05, 0.1) is 12.0 Å². The van der Waals surface area contributed by atoms with E-state index in [2.05, 4.69) is 15.9 Å². The zero-order valence-electron chi connectivity index (χ0n) is 12.5. The molecule has 0 saturated heterocycles. The molecule has 0 fully saturated rings. The van der Waals surface area contributed by atoms with E-state index in [-0.39, 0.29) is 11.5 Å². The number of H-pyrrole nitrogens is 1. The van der Waals surface area contributed by atoms with Gasteiger partial charge >= 0.3 is 0 Å². The van der Waals surface area contributed by atoms with Crippen molar-refractivity contribution in [3.05, 3.63) is 52.5 Å². The average molecular weight is 298 g/mol. The number of aryl methyl sites for hydroxylation is 2. The largest absolute Gasteiger partial charge is 0.337 e. The molecule has 0 aliphatic heterocycles. The minimum absolute atomic E-state index is 0.195. The normalized spacial score (nSPS) is 10.2. The van der Waals surface area contributed by atoms with Gasteiger partial charge in [0.1, 0.15) is 0 Å². The minimum atomic E-state index is -0.373. The second kappa shape index (κ2) is 7.27. The van der Waals surface area contributed by atoms with Crippen molar-refractivity contribution in [2.45, 2.75) is 26.4 Å². The molecule has 2 rings (SSSR count). The molecule has 0 unspecified atom stereocenters. The van der Waals surface area contributed by atoms with Crippen LogP contribution in [0.5, 0.6) is 0 Å². The molecule has 2 aromatic heterocycles. The molecule has 22 heavy (non-hydrogen) atoms. The summed E-state index contributed by atoms with van der Waals surface area (Å²) in [6.45, 7) is 3.53. The van der Waals surface area contributed by atoms with E-state index < -0.39 is 0 Å². The summed E-state index contributed by atoms with van der Waals surface area (Å²) in [5.41, 5.74) is 1.52. The van der Waals surface area contributed by atoms with Gasteiger partial charge in [0.25, 0.3) is 5.91 Å². The van der Waals surface area contributed by atoms with E-state index in [4.69, 9.17) is 6.42 Å². The molecule has 0 bridgehead atoms. The molecule has 6 heteroatoms. The van der Waals surface area contributed by atoms with Crippen LogP contribution in [0.2, 0.25) is 0 Å². The van der Waals surface area contributed by atoms with Gasteiger partial charge in [0, 0.05) is 38.1 Å². The van der Waals surface area contributed by atoms with Gasteiger partial charge in [0.15, 0.2) is 0 Å². The lowest BCUT2D eigenvalue weighted by molar-refractivity contribution is -0.125. The highest BCUT2D eigenvalue weighted by atomic mass is 16.2. The zero-order chi connectivity index (χ0) is 15.9. The Bertz CT molecular complexity index is 739. The van der Waals surface area contributed by atoms with Crippen molar-refractivity contribution in [1.82, 2.24) is 19.4 Å². The SMILES string of the molecule is C#CC(=O)N(CCCn1cnc(C)c1)Cc1cc[nH]c(=O)c1. The van der Waals surface area contributed by atoms with Crippen LogP contribution in [0.4, 0.5) is 0 Å². The molecular weight excluding hydrogens is 280 g/mol. The van der Waals surface area contributed by atoms with Gasteiger partial charge in [-0.15, -0.1) is 6.42 Å². The van der Waals surface area contributed by atoms with Crippen molar-refractivity contribution in [3.8, 4) is 12.3 Å². The smallest absolute Gasteiger partial charge is 0.298 e. The highest BCUT2D eigenvalue weighted by Gasteiger charge is 2.11. The molecule has 2 aromatic rings. The van der Waals surface area contributed by atoms with Crippen LogP contribution in [0.3, 0.4) is 0 Å². The summed E-state index contributed by atoms with van der Waals surface area (Å²) in [4.78, 5) is 31.4. The van der Waals surface area contributed by atoms with E-state index in [1.165, 1.54) is 6.07 Å². The monoisotopic (exact) mass is 298 g/mol. The third kappa shape index (κ3) is 4.35. The first-order chi connectivity index (χ1) is 10.6. The lowest BCUT2D eigenvalue weighted by Gasteiger charge is -2.20. The summed E-state index contributed by atoms with van der Waals surface area (Å²) in [7, 11) is 0. The van der Waals surface area contributed by atoms with Crippen molar-refractivity contribution in [3.63, 3.8) is 0 Å². The summed E-state index contributed by atoms with van der Waals surface area (Å²) in [5, 5.41) is 0. The van der Waals surface area contributed by atoms with E-state index in [9.17, 15) is 9.59 Å². The van der Waals surface area contributed by atoms with E-state index in [1.807, 2.05) is 17.7 Å². The van der Waals surface area contributed by atoms with Gasteiger partial charge < -0.3 is 14.5 Å². The van der Waals surface area contributed by atoms with Crippen LogP contribution in [0.25, 0.3) is 0 Å². The molecule has 0 saturated carbocycles. The number of hydrogen-bond donors (Lipinski definition) is 1. The number of carbonyl (C=O) groups is 1. The summed E-state index contributed by atoms with van der Waals surface area (Å²) in [6, 6.07) is 3.23. The lowest BCUT2D eigenvalue weighted by atomic mass is 10.2. The second-order valence-electron chi connectivity index (χ2n) is 5.04. The summed E-state index contributed by atoms with van der Waals surface area (Å²) >= 11 is 0. The number of hydrogen-bond acceptors (Lipinski definition) is 3. The van der Waals surface area contributed by atoms with Gasteiger partial charge in [0.2, 0.25) is 5.56 Å². The molecule has 114 valence electrons. The molecule has 1 amide bonds. The van der Waals surface area contributed by atoms with Crippen LogP contribution in [0.1, 0.15) is 17.7 Å². The first-order valence-corrected chi connectivity index (χ1v) is 7.00. The number of amides is 1. The van der Waals surface area contributed by atoms with E-state index in [0.717, 1.165) is 24.2 Å². The molecule has 1 N–H and O–H groups in total. The van der Waals surface area contributed by atoms with E-state index >= 15 is 0 Å². The van der Waals surface area contributed by atoms with E-state index in [0.29, 0.717) is 13.1 Å². The Kier molecular flexibility index (Phi) is 5.15. The number of nitrogens with one attached hydrogen (secondary N) is 1. The van der Waals surface area contributed by atoms with Crippen molar-refractivity contribution >= 4 is 5.91 Å². The number of terminal acetylenes is 1. The number of aromatic nitrogens is 3. The Balaban J connectivity index is 1.96. The van der Waals surface area contributed by atoms with Gasteiger partial charge in [-0.3, -0.25) is 9.59 Å². The summed E-state index contributed by atoms with van der Waals surface area (Å²) in [5.74, 6) is 1.76. The number of pyridine rings is 1. The number of nitrogens with zero attached hydrogens (tertiary/aromatic N) is 3. The van der Waals surface area contributed by atoms with Gasteiger partial charge in [-0.2, -0.15) is 0 Å². The topological polar surface area (TPSA) is 71.0 Å². The standard InChI is InChI=1S/C16H18N4O2/c1-3-16(22)20(11-14-5-6-17-15(21)9-14)8-4-7-19-10-13(2)18-12-19/h1,5-6,9-10,12H,4,7-8,11H2,2H3,(H,17,21). The Morgan fingerprint density at radius 2 is 2.36 bits per heavy atom. The van der Waals surface area contributed by atoms with Crippen LogP contribution in [0.15, 0.2) is 35.6 Å². The van der Waals surface area contributed by atoms with Crippen LogP contribution < -0.4 is 5.56 Å². The number of rotatable bonds is 6. The highest BCUT2D eigenvalue weighted by molar-refractivity contribution is 5.92.